The Kier molecular flexibility index (Phi) is 4.42. The second-order valence-electron chi connectivity index (χ2n) is 4.94. The number of carbonyl (C=O) groups is 1. The molecule has 2 rings (SSSR count). The van der Waals surface area contributed by atoms with Crippen LogP contribution in [0, 0.1) is 6.92 Å². The van der Waals surface area contributed by atoms with Crippen molar-refractivity contribution in [1.29, 1.82) is 0 Å². The molecule has 0 unspecified atom stereocenters. The highest BCUT2D eigenvalue weighted by Crippen LogP contribution is 2.22. The summed E-state index contributed by atoms with van der Waals surface area (Å²) < 4.78 is 0. The van der Waals surface area contributed by atoms with E-state index in [0.717, 1.165) is 0 Å². The van der Waals surface area contributed by atoms with Crippen molar-refractivity contribution < 1.29 is 4.79 Å². The van der Waals surface area contributed by atoms with Crippen LogP contribution >= 0.6 is 0 Å². The Morgan fingerprint density at radius 1 is 1.33 bits per heavy atom. The summed E-state index contributed by atoms with van der Waals surface area (Å²) in [4.78, 5) is 17.9. The molecule has 0 radical (unpaired) electrons. The number of primary amides is 1. The number of amides is 1. The Morgan fingerprint density at radius 2 is 2.05 bits per heavy atom. The molecule has 0 aliphatic rings. The van der Waals surface area contributed by atoms with Crippen LogP contribution < -0.4 is 16.4 Å². The Hall–Kier alpha value is -2.56. The number of nitrogens with zero attached hydrogens (tertiary/aromatic N) is 2. The maximum Gasteiger partial charge on any atom is 0.252 e. The Labute approximate surface area is 124 Å². The fourth-order valence-corrected chi connectivity index (χ4v) is 2.24. The van der Waals surface area contributed by atoms with Crippen LogP contribution in [-0.4, -0.2) is 17.4 Å². The molecule has 1 aromatic heterocycles. The molecule has 4 N–H and O–H groups in total. The zero-order valence-corrected chi connectivity index (χ0v) is 12.3. The lowest BCUT2D eigenvalue weighted by Crippen LogP contribution is -2.27. The Balaban J connectivity index is 2.38. The largest absolute Gasteiger partial charge is 0.397 e. The van der Waals surface area contributed by atoms with E-state index >= 15 is 0 Å². The van der Waals surface area contributed by atoms with E-state index < -0.39 is 5.91 Å². The van der Waals surface area contributed by atoms with E-state index in [1.54, 1.807) is 12.3 Å². The van der Waals surface area contributed by atoms with Gasteiger partial charge in [0.2, 0.25) is 0 Å². The molecule has 110 valence electrons. The van der Waals surface area contributed by atoms with Crippen LogP contribution in [0.3, 0.4) is 0 Å². The van der Waals surface area contributed by atoms with Crippen LogP contribution in [0.5, 0.6) is 0 Å². The molecule has 0 saturated carbocycles. The topological polar surface area (TPSA) is 85.2 Å². The summed E-state index contributed by atoms with van der Waals surface area (Å²) >= 11 is 0. The maximum atomic E-state index is 11.6. The number of aryl methyl sites for hydroxylation is 1. The van der Waals surface area contributed by atoms with Crippen molar-refractivity contribution in [1.82, 2.24) is 4.98 Å². The number of aromatic nitrogens is 1. The molecular formula is C16H20N4O. The quantitative estimate of drug-likeness (QED) is 0.880. The monoisotopic (exact) mass is 284 g/mol. The molecule has 0 atom stereocenters. The summed E-state index contributed by atoms with van der Waals surface area (Å²) in [6.45, 7) is 5.46. The van der Waals surface area contributed by atoms with E-state index in [4.69, 9.17) is 11.5 Å². The molecule has 0 spiro atoms. The third-order valence-corrected chi connectivity index (χ3v) is 3.46. The summed E-state index contributed by atoms with van der Waals surface area (Å²) in [6, 6.07) is 9.71. The molecule has 5 heteroatoms. The lowest BCUT2D eigenvalue weighted by molar-refractivity contribution is 0.100. The van der Waals surface area contributed by atoms with Crippen molar-refractivity contribution in [3.8, 4) is 0 Å². The highest BCUT2D eigenvalue weighted by molar-refractivity contribution is 5.98. The molecule has 2 aromatic rings. The van der Waals surface area contributed by atoms with E-state index in [2.05, 4.69) is 24.0 Å². The summed E-state index contributed by atoms with van der Waals surface area (Å²) in [6.07, 6.45) is 1.54. The third-order valence-electron chi connectivity index (χ3n) is 3.46. The van der Waals surface area contributed by atoms with Gasteiger partial charge in [-0.25, -0.2) is 4.98 Å². The number of pyridine rings is 1. The maximum absolute atomic E-state index is 11.6. The molecule has 0 aliphatic heterocycles. The van der Waals surface area contributed by atoms with E-state index in [0.29, 0.717) is 30.2 Å². The third kappa shape index (κ3) is 3.31. The van der Waals surface area contributed by atoms with Crippen LogP contribution in [0.2, 0.25) is 0 Å². The minimum absolute atomic E-state index is 0.352. The van der Waals surface area contributed by atoms with Gasteiger partial charge in [-0.05, 0) is 31.0 Å². The Bertz CT molecular complexity index is 654. The molecule has 0 saturated heterocycles. The van der Waals surface area contributed by atoms with Gasteiger partial charge in [-0.2, -0.15) is 0 Å². The Morgan fingerprint density at radius 3 is 2.67 bits per heavy atom. The van der Waals surface area contributed by atoms with Gasteiger partial charge in [0.05, 0.1) is 17.4 Å². The predicted molar refractivity (Wildman–Crippen MR) is 85.1 cm³/mol. The SMILES string of the molecule is CCN(Cc1ccccc1C)c1ncc(N)cc1C(N)=O. The second-order valence-corrected chi connectivity index (χ2v) is 4.94. The first kappa shape index (κ1) is 14.8. The number of rotatable bonds is 5. The highest BCUT2D eigenvalue weighted by atomic mass is 16.1. The molecule has 1 heterocycles. The van der Waals surface area contributed by atoms with Crippen molar-refractivity contribution in [2.75, 3.05) is 17.2 Å². The number of hydrogen-bond donors (Lipinski definition) is 2. The zero-order chi connectivity index (χ0) is 15.4. The summed E-state index contributed by atoms with van der Waals surface area (Å²) in [5.74, 6) is 0.0514. The first-order chi connectivity index (χ1) is 10.0. The van der Waals surface area contributed by atoms with Crippen LogP contribution in [0.4, 0.5) is 11.5 Å². The molecule has 0 aliphatic carbocycles. The number of nitrogens with two attached hydrogens (primary N) is 2. The van der Waals surface area contributed by atoms with Crippen molar-refractivity contribution in [2.24, 2.45) is 5.73 Å². The van der Waals surface area contributed by atoms with Crippen molar-refractivity contribution in [3.05, 3.63) is 53.2 Å². The van der Waals surface area contributed by atoms with E-state index in [1.165, 1.54) is 11.1 Å². The molecule has 5 nitrogen and oxygen atoms in total. The van der Waals surface area contributed by atoms with Gasteiger partial charge in [0.1, 0.15) is 5.82 Å². The highest BCUT2D eigenvalue weighted by Gasteiger charge is 2.16. The number of nitrogen functional groups attached to an aromatic ring is 1. The van der Waals surface area contributed by atoms with Gasteiger partial charge in [-0.15, -0.1) is 0 Å². The first-order valence-electron chi connectivity index (χ1n) is 6.87. The molecule has 1 aromatic carbocycles. The van der Waals surface area contributed by atoms with Gasteiger partial charge < -0.3 is 16.4 Å². The van der Waals surface area contributed by atoms with E-state index in [-0.39, 0.29) is 0 Å². The number of hydrogen-bond acceptors (Lipinski definition) is 4. The van der Waals surface area contributed by atoms with Gasteiger partial charge in [-0.1, -0.05) is 24.3 Å². The number of anilines is 2. The molecule has 1 amide bonds. The van der Waals surface area contributed by atoms with Crippen LogP contribution in [0.15, 0.2) is 36.5 Å². The molecular weight excluding hydrogens is 264 g/mol. The van der Waals surface area contributed by atoms with Gasteiger partial charge in [0.15, 0.2) is 0 Å². The minimum atomic E-state index is -0.520. The fourth-order valence-electron chi connectivity index (χ4n) is 2.24. The lowest BCUT2D eigenvalue weighted by atomic mass is 10.1. The van der Waals surface area contributed by atoms with Crippen LogP contribution in [-0.2, 0) is 6.54 Å². The average Bonchev–Trinajstić information content (AvgIpc) is 2.46. The minimum Gasteiger partial charge on any atom is -0.397 e. The second kappa shape index (κ2) is 6.26. The average molecular weight is 284 g/mol. The van der Waals surface area contributed by atoms with Crippen molar-refractivity contribution in [3.63, 3.8) is 0 Å². The van der Waals surface area contributed by atoms with Gasteiger partial charge >= 0.3 is 0 Å². The smallest absolute Gasteiger partial charge is 0.252 e. The fraction of sp³-hybridized carbons (Fsp3) is 0.250. The zero-order valence-electron chi connectivity index (χ0n) is 12.3. The molecule has 21 heavy (non-hydrogen) atoms. The van der Waals surface area contributed by atoms with Crippen molar-refractivity contribution >= 4 is 17.4 Å². The summed E-state index contributed by atoms with van der Waals surface area (Å²) in [7, 11) is 0. The normalized spacial score (nSPS) is 10.4. The number of benzene rings is 1. The first-order valence-corrected chi connectivity index (χ1v) is 6.87. The van der Waals surface area contributed by atoms with Crippen molar-refractivity contribution in [2.45, 2.75) is 20.4 Å². The van der Waals surface area contributed by atoms with E-state index in [9.17, 15) is 4.79 Å². The van der Waals surface area contributed by atoms with Crippen LogP contribution in [0.25, 0.3) is 0 Å². The van der Waals surface area contributed by atoms with Gasteiger partial charge in [-0.3, -0.25) is 4.79 Å². The standard InChI is InChI=1S/C16H20N4O/c1-3-20(10-12-7-5-4-6-11(12)2)16-14(15(18)21)8-13(17)9-19-16/h4-9H,3,10,17H2,1-2H3,(H2,18,21). The van der Waals surface area contributed by atoms with Gasteiger partial charge in [0.25, 0.3) is 5.91 Å². The summed E-state index contributed by atoms with van der Waals surface area (Å²) in [5.41, 5.74) is 14.3. The molecule has 0 bridgehead atoms. The number of carbonyl (C=O) groups excluding carboxylic acids is 1. The summed E-state index contributed by atoms with van der Waals surface area (Å²) in [5, 5.41) is 0. The lowest BCUT2D eigenvalue weighted by Gasteiger charge is -2.24. The van der Waals surface area contributed by atoms with E-state index in [1.807, 2.05) is 24.0 Å². The molecule has 0 fully saturated rings. The van der Waals surface area contributed by atoms with Gasteiger partial charge in [0, 0.05) is 13.1 Å². The predicted octanol–water partition coefficient (Wildman–Crippen LogP) is 2.10. The van der Waals surface area contributed by atoms with Crippen LogP contribution in [0.1, 0.15) is 28.4 Å².